The van der Waals surface area contributed by atoms with Crippen LogP contribution in [0.25, 0.3) is 0 Å². The minimum Gasteiger partial charge on any atom is -0.388 e. The first kappa shape index (κ1) is 11.5. The lowest BCUT2D eigenvalue weighted by Crippen LogP contribution is -2.31. The van der Waals surface area contributed by atoms with Crippen LogP contribution in [-0.4, -0.2) is 19.6 Å². The summed E-state index contributed by atoms with van der Waals surface area (Å²) < 4.78 is 0. The Balaban J connectivity index is 4.01. The smallest absolute Gasteiger partial charge is 0.0435 e. The lowest BCUT2D eigenvalue weighted by atomic mass is 10.2. The highest BCUT2D eigenvalue weighted by Crippen LogP contribution is 2.00. The molecule has 2 nitrogen and oxygen atoms in total. The van der Waals surface area contributed by atoms with Crippen molar-refractivity contribution in [1.29, 1.82) is 0 Å². The van der Waals surface area contributed by atoms with Gasteiger partial charge in [-0.25, -0.2) is 0 Å². The summed E-state index contributed by atoms with van der Waals surface area (Å²) in [6.45, 7) is 7.50. The Hall–Kier alpha value is -0.500. The van der Waals surface area contributed by atoms with Crippen LogP contribution in [0, 0.1) is 0 Å². The number of hydrogen-bond acceptors (Lipinski definition) is 2. The summed E-state index contributed by atoms with van der Waals surface area (Å²) in [5.41, 5.74) is 1.32. The molecule has 12 heavy (non-hydrogen) atoms. The molecule has 0 radical (unpaired) electrons. The SMILES string of the molecule is CCC/C=C(/NCC)C(C)NC. The second-order valence-corrected chi connectivity index (χ2v) is 2.99. The second kappa shape index (κ2) is 7.17. The van der Waals surface area contributed by atoms with Crippen LogP contribution in [0.1, 0.15) is 33.6 Å². The van der Waals surface area contributed by atoms with Crippen LogP contribution in [0.2, 0.25) is 0 Å². The van der Waals surface area contributed by atoms with Crippen molar-refractivity contribution < 1.29 is 0 Å². The van der Waals surface area contributed by atoms with Crippen LogP contribution >= 0.6 is 0 Å². The average molecular weight is 170 g/mol. The minimum absolute atomic E-state index is 0.441. The number of rotatable bonds is 6. The number of unbranched alkanes of at least 4 members (excludes halogenated alkanes) is 1. The van der Waals surface area contributed by atoms with Gasteiger partial charge in [0.1, 0.15) is 0 Å². The van der Waals surface area contributed by atoms with E-state index < -0.39 is 0 Å². The molecule has 0 aliphatic rings. The third kappa shape index (κ3) is 4.39. The summed E-state index contributed by atoms with van der Waals surface area (Å²) in [4.78, 5) is 0. The highest BCUT2D eigenvalue weighted by molar-refractivity contribution is 5.06. The van der Waals surface area contributed by atoms with E-state index in [4.69, 9.17) is 0 Å². The van der Waals surface area contributed by atoms with Gasteiger partial charge in [0, 0.05) is 18.3 Å². The molecule has 0 fully saturated rings. The van der Waals surface area contributed by atoms with Crippen molar-refractivity contribution in [1.82, 2.24) is 10.6 Å². The first-order valence-corrected chi connectivity index (χ1v) is 4.87. The van der Waals surface area contributed by atoms with Crippen molar-refractivity contribution in [2.75, 3.05) is 13.6 Å². The van der Waals surface area contributed by atoms with E-state index in [2.05, 4.69) is 37.5 Å². The van der Waals surface area contributed by atoms with Crippen molar-refractivity contribution in [3.05, 3.63) is 11.8 Å². The number of likely N-dealkylation sites (N-methyl/N-ethyl adjacent to an activating group) is 2. The minimum atomic E-state index is 0.441. The molecule has 0 spiro atoms. The Bertz CT molecular complexity index is 130. The van der Waals surface area contributed by atoms with Crippen LogP contribution in [-0.2, 0) is 0 Å². The highest BCUT2D eigenvalue weighted by atomic mass is 15.0. The molecule has 0 bridgehead atoms. The Kier molecular flexibility index (Phi) is 6.87. The van der Waals surface area contributed by atoms with Gasteiger partial charge in [0.05, 0.1) is 0 Å². The Morgan fingerprint density at radius 3 is 2.50 bits per heavy atom. The van der Waals surface area contributed by atoms with E-state index in [1.54, 1.807) is 0 Å². The van der Waals surface area contributed by atoms with Crippen molar-refractivity contribution >= 4 is 0 Å². The molecule has 0 amide bonds. The van der Waals surface area contributed by atoms with Crippen molar-refractivity contribution in [3.63, 3.8) is 0 Å². The summed E-state index contributed by atoms with van der Waals surface area (Å²) in [7, 11) is 1.99. The van der Waals surface area contributed by atoms with Gasteiger partial charge in [-0.1, -0.05) is 19.4 Å². The van der Waals surface area contributed by atoms with Crippen LogP contribution in [0.15, 0.2) is 11.8 Å². The molecule has 2 heteroatoms. The fourth-order valence-electron chi connectivity index (χ4n) is 1.06. The monoisotopic (exact) mass is 170 g/mol. The Morgan fingerprint density at radius 1 is 1.42 bits per heavy atom. The molecule has 0 aromatic carbocycles. The molecule has 0 saturated heterocycles. The second-order valence-electron chi connectivity index (χ2n) is 2.99. The zero-order valence-electron chi connectivity index (χ0n) is 8.78. The first-order chi connectivity index (χ1) is 5.76. The zero-order valence-corrected chi connectivity index (χ0v) is 8.78. The van der Waals surface area contributed by atoms with Crippen molar-refractivity contribution in [2.24, 2.45) is 0 Å². The zero-order chi connectivity index (χ0) is 9.40. The van der Waals surface area contributed by atoms with E-state index in [0.717, 1.165) is 13.0 Å². The largest absolute Gasteiger partial charge is 0.388 e. The van der Waals surface area contributed by atoms with Gasteiger partial charge < -0.3 is 10.6 Å². The van der Waals surface area contributed by atoms with Crippen molar-refractivity contribution in [3.8, 4) is 0 Å². The maximum Gasteiger partial charge on any atom is 0.0435 e. The van der Waals surface area contributed by atoms with Crippen LogP contribution < -0.4 is 10.6 Å². The lowest BCUT2D eigenvalue weighted by molar-refractivity contribution is 0.627. The molecule has 0 aromatic rings. The highest BCUT2D eigenvalue weighted by Gasteiger charge is 2.02. The summed E-state index contributed by atoms with van der Waals surface area (Å²) in [5, 5.41) is 6.59. The summed E-state index contributed by atoms with van der Waals surface area (Å²) in [6.07, 6.45) is 4.66. The molecule has 0 rings (SSSR count). The predicted octanol–water partition coefficient (Wildman–Crippen LogP) is 1.89. The van der Waals surface area contributed by atoms with Gasteiger partial charge in [-0.2, -0.15) is 0 Å². The fourth-order valence-corrected chi connectivity index (χ4v) is 1.06. The molecular formula is C10H22N2. The first-order valence-electron chi connectivity index (χ1n) is 4.87. The van der Waals surface area contributed by atoms with E-state index in [-0.39, 0.29) is 0 Å². The Labute approximate surface area is 76.4 Å². The molecule has 1 atom stereocenters. The van der Waals surface area contributed by atoms with Gasteiger partial charge in [-0.3, -0.25) is 0 Å². The van der Waals surface area contributed by atoms with Gasteiger partial charge in [-0.15, -0.1) is 0 Å². The van der Waals surface area contributed by atoms with E-state index >= 15 is 0 Å². The molecule has 2 N–H and O–H groups in total. The fraction of sp³-hybridized carbons (Fsp3) is 0.800. The van der Waals surface area contributed by atoms with Crippen LogP contribution in [0.4, 0.5) is 0 Å². The molecular weight excluding hydrogens is 148 g/mol. The normalized spacial score (nSPS) is 14.5. The van der Waals surface area contributed by atoms with Gasteiger partial charge >= 0.3 is 0 Å². The van der Waals surface area contributed by atoms with Crippen LogP contribution in [0.5, 0.6) is 0 Å². The summed E-state index contributed by atoms with van der Waals surface area (Å²) >= 11 is 0. The van der Waals surface area contributed by atoms with E-state index in [9.17, 15) is 0 Å². The lowest BCUT2D eigenvalue weighted by Gasteiger charge is -2.16. The summed E-state index contributed by atoms with van der Waals surface area (Å²) in [5.74, 6) is 0. The third-order valence-corrected chi connectivity index (χ3v) is 1.93. The molecule has 72 valence electrons. The number of nitrogens with one attached hydrogen (secondary N) is 2. The van der Waals surface area contributed by atoms with E-state index in [1.807, 2.05) is 7.05 Å². The van der Waals surface area contributed by atoms with Crippen LogP contribution in [0.3, 0.4) is 0 Å². The molecule has 0 aliphatic carbocycles. The van der Waals surface area contributed by atoms with E-state index in [1.165, 1.54) is 12.1 Å². The maximum absolute atomic E-state index is 3.37. The maximum atomic E-state index is 3.37. The predicted molar refractivity (Wildman–Crippen MR) is 55.2 cm³/mol. The molecule has 1 unspecified atom stereocenters. The molecule has 0 saturated carbocycles. The number of hydrogen-bond donors (Lipinski definition) is 2. The van der Waals surface area contributed by atoms with Crippen molar-refractivity contribution in [2.45, 2.75) is 39.7 Å². The average Bonchev–Trinajstić information content (AvgIpc) is 2.11. The Morgan fingerprint density at radius 2 is 2.08 bits per heavy atom. The summed E-state index contributed by atoms with van der Waals surface area (Å²) in [6, 6.07) is 0.441. The van der Waals surface area contributed by atoms with Gasteiger partial charge in [0.25, 0.3) is 0 Å². The number of allylic oxidation sites excluding steroid dienone is 1. The standard InChI is InChI=1S/C10H22N2/c1-5-7-8-10(12-6-2)9(3)11-4/h8-9,11-12H,5-7H2,1-4H3/b10-8+. The molecule has 0 heterocycles. The van der Waals surface area contributed by atoms with Gasteiger partial charge in [0.2, 0.25) is 0 Å². The molecule has 0 aliphatic heterocycles. The quantitative estimate of drug-likeness (QED) is 0.636. The molecule has 0 aromatic heterocycles. The topological polar surface area (TPSA) is 24.1 Å². The third-order valence-electron chi connectivity index (χ3n) is 1.93. The van der Waals surface area contributed by atoms with Gasteiger partial charge in [-0.05, 0) is 27.3 Å². The van der Waals surface area contributed by atoms with Gasteiger partial charge in [0.15, 0.2) is 0 Å². The van der Waals surface area contributed by atoms with E-state index in [0.29, 0.717) is 6.04 Å².